The lowest BCUT2D eigenvalue weighted by molar-refractivity contribution is 0.669. The van der Waals surface area contributed by atoms with Crippen LogP contribution < -0.4 is 0 Å². The highest BCUT2D eigenvalue weighted by Crippen LogP contribution is 2.44. The van der Waals surface area contributed by atoms with E-state index in [0.717, 1.165) is 72.3 Å². The van der Waals surface area contributed by atoms with Crippen molar-refractivity contribution in [3.8, 4) is 72.7 Å². The van der Waals surface area contributed by atoms with Crippen LogP contribution in [0.5, 0.6) is 0 Å². The van der Waals surface area contributed by atoms with Gasteiger partial charge >= 0.3 is 0 Å². The number of aromatic nitrogens is 2. The SMILES string of the molecule is c1ccc(-c2ccc(-c3cc(-n4c5ccc(-c6ccccc6)cc5c5cc6c7ccccc7c7cc(-c8ccc9c(c8)oc8ccccc89)ccc7c6cc54)cc(-c4ccc(-c5ccccc5)cc4)n3)cc2)cc1. The van der Waals surface area contributed by atoms with E-state index in [1.807, 2.05) is 12.1 Å². The van der Waals surface area contributed by atoms with Gasteiger partial charge in [0, 0.05) is 32.7 Å². The molecule has 0 aliphatic carbocycles. The molecule has 0 unspecified atom stereocenters. The molecule has 0 bridgehead atoms. The second-order valence-electron chi connectivity index (χ2n) is 19.4. The van der Waals surface area contributed by atoms with E-state index in [2.05, 4.69) is 259 Å². The molecule has 15 rings (SSSR count). The summed E-state index contributed by atoms with van der Waals surface area (Å²) >= 11 is 0. The Balaban J connectivity index is 0.973. The molecule has 0 aliphatic rings. The van der Waals surface area contributed by atoms with Gasteiger partial charge < -0.3 is 8.98 Å². The summed E-state index contributed by atoms with van der Waals surface area (Å²) in [6, 6.07) is 96.8. The van der Waals surface area contributed by atoms with Gasteiger partial charge in [0.2, 0.25) is 0 Å². The molecule has 0 saturated heterocycles. The quantitative estimate of drug-likeness (QED) is 0.149. The number of hydrogen-bond acceptors (Lipinski definition) is 2. The molecule has 0 atom stereocenters. The van der Waals surface area contributed by atoms with E-state index in [1.54, 1.807) is 0 Å². The van der Waals surface area contributed by atoms with Crippen molar-refractivity contribution in [3.63, 3.8) is 0 Å². The molecule has 0 fully saturated rings. The van der Waals surface area contributed by atoms with Gasteiger partial charge in [-0.3, -0.25) is 0 Å². The van der Waals surface area contributed by atoms with E-state index in [1.165, 1.54) is 76.5 Å². The summed E-state index contributed by atoms with van der Waals surface area (Å²) in [7, 11) is 0. The molecule has 3 aromatic heterocycles. The van der Waals surface area contributed by atoms with Gasteiger partial charge in [-0.1, -0.05) is 206 Å². The van der Waals surface area contributed by atoms with Crippen LogP contribution in [0.2, 0.25) is 0 Å². The van der Waals surface area contributed by atoms with Crippen LogP contribution in [0.25, 0.3) is 149 Å². The number of benzene rings is 12. The van der Waals surface area contributed by atoms with E-state index < -0.39 is 0 Å². The van der Waals surface area contributed by atoms with Crippen molar-refractivity contribution in [3.05, 3.63) is 267 Å². The number of fused-ring (bicyclic) bond motifs is 12. The van der Waals surface area contributed by atoms with Crippen molar-refractivity contribution < 1.29 is 4.42 Å². The summed E-state index contributed by atoms with van der Waals surface area (Å²) < 4.78 is 8.85. The maximum Gasteiger partial charge on any atom is 0.136 e. The third kappa shape index (κ3) is 6.93. The fourth-order valence-corrected chi connectivity index (χ4v) is 11.5. The first kappa shape index (κ1) is 41.9. The monoisotopic (exact) mass is 940 g/mol. The summed E-state index contributed by atoms with van der Waals surface area (Å²) in [4.78, 5) is 5.47. The van der Waals surface area contributed by atoms with Crippen molar-refractivity contribution in [2.45, 2.75) is 0 Å². The van der Waals surface area contributed by atoms with Crippen molar-refractivity contribution >= 4 is 76.1 Å². The Morgan fingerprint density at radius 1 is 0.230 bits per heavy atom. The zero-order chi connectivity index (χ0) is 48.7. The molecule has 15 aromatic rings. The highest BCUT2D eigenvalue weighted by molar-refractivity contribution is 6.29. The molecular formula is C71H44N2O. The smallest absolute Gasteiger partial charge is 0.136 e. The largest absolute Gasteiger partial charge is 0.456 e. The van der Waals surface area contributed by atoms with Crippen LogP contribution in [-0.4, -0.2) is 9.55 Å². The Bertz CT molecular complexity index is 4570. The van der Waals surface area contributed by atoms with Crippen molar-refractivity contribution in [2.24, 2.45) is 0 Å². The van der Waals surface area contributed by atoms with Crippen LogP contribution in [0.1, 0.15) is 0 Å². The molecule has 3 nitrogen and oxygen atoms in total. The molecule has 0 N–H and O–H groups in total. The second kappa shape index (κ2) is 16.9. The number of hydrogen-bond donors (Lipinski definition) is 0. The van der Waals surface area contributed by atoms with Crippen molar-refractivity contribution in [1.82, 2.24) is 9.55 Å². The number of rotatable bonds is 7. The van der Waals surface area contributed by atoms with Crippen molar-refractivity contribution in [1.29, 1.82) is 0 Å². The first-order chi connectivity index (χ1) is 36.6. The van der Waals surface area contributed by atoms with E-state index in [0.29, 0.717) is 0 Å². The van der Waals surface area contributed by atoms with Crippen molar-refractivity contribution in [2.75, 3.05) is 0 Å². The van der Waals surface area contributed by atoms with Gasteiger partial charge in [-0.2, -0.15) is 0 Å². The molecule has 0 amide bonds. The van der Waals surface area contributed by atoms with Crippen LogP contribution in [-0.2, 0) is 0 Å². The Kier molecular flexibility index (Phi) is 9.57. The molecule has 3 heteroatoms. The predicted molar refractivity (Wildman–Crippen MR) is 311 cm³/mol. The fraction of sp³-hybridized carbons (Fsp3) is 0. The minimum Gasteiger partial charge on any atom is -0.456 e. The Morgan fingerprint density at radius 3 is 1.24 bits per heavy atom. The third-order valence-corrected chi connectivity index (χ3v) is 15.2. The third-order valence-electron chi connectivity index (χ3n) is 15.2. The maximum atomic E-state index is 6.38. The van der Waals surface area contributed by atoms with E-state index in [4.69, 9.17) is 9.40 Å². The molecule has 0 aliphatic heterocycles. The number of pyridine rings is 1. The molecule has 0 saturated carbocycles. The van der Waals surface area contributed by atoms with Gasteiger partial charge in [-0.25, -0.2) is 4.98 Å². The van der Waals surface area contributed by atoms with Crippen LogP contribution in [0.3, 0.4) is 0 Å². The Labute approximate surface area is 427 Å². The van der Waals surface area contributed by atoms with Gasteiger partial charge in [-0.05, 0) is 137 Å². The average molecular weight is 941 g/mol. The number of nitrogens with zero attached hydrogens (tertiary/aromatic N) is 2. The van der Waals surface area contributed by atoms with Gasteiger partial charge in [-0.15, -0.1) is 0 Å². The first-order valence-electron chi connectivity index (χ1n) is 25.3. The standard InChI is InChI=1S/C71H44N2O/c1-4-14-45(15-5-1)48-24-28-50(29-25-48)66-41-55(42-67(72-66)51-30-26-49(27-31-51)46-16-6-2-7-17-46)73-68-37-34-52(47-18-8-3-9-19-47)39-64(68)65-43-62-57-21-11-10-20-56(57)61-38-53(32-35-58(61)63(62)44-69(65)73)54-33-36-60-59-22-12-13-23-70(59)74-71(60)40-54/h1-44H. The zero-order valence-corrected chi connectivity index (χ0v) is 40.2. The second-order valence-corrected chi connectivity index (χ2v) is 19.4. The van der Waals surface area contributed by atoms with Crippen LogP contribution in [0.15, 0.2) is 271 Å². The molecular weight excluding hydrogens is 897 g/mol. The topological polar surface area (TPSA) is 31.0 Å². The van der Waals surface area contributed by atoms with Crippen LogP contribution >= 0.6 is 0 Å². The highest BCUT2D eigenvalue weighted by atomic mass is 16.3. The Hall–Kier alpha value is -9.83. The molecule has 12 aromatic carbocycles. The lowest BCUT2D eigenvalue weighted by atomic mass is 9.91. The predicted octanol–water partition coefficient (Wildman–Crippen LogP) is 19.5. The number of para-hydroxylation sites is 1. The summed E-state index contributed by atoms with van der Waals surface area (Å²) in [5.41, 5.74) is 18.4. The molecule has 3 heterocycles. The minimum atomic E-state index is 0.897. The lowest BCUT2D eigenvalue weighted by Gasteiger charge is -2.15. The van der Waals surface area contributed by atoms with E-state index in [9.17, 15) is 0 Å². The minimum absolute atomic E-state index is 0.897. The van der Waals surface area contributed by atoms with Gasteiger partial charge in [0.1, 0.15) is 11.2 Å². The normalized spacial score (nSPS) is 11.8. The molecule has 0 spiro atoms. The van der Waals surface area contributed by atoms with E-state index >= 15 is 0 Å². The average Bonchev–Trinajstić information content (AvgIpc) is 4.02. The fourth-order valence-electron chi connectivity index (χ4n) is 11.5. The van der Waals surface area contributed by atoms with Gasteiger partial charge in [0.25, 0.3) is 0 Å². The zero-order valence-electron chi connectivity index (χ0n) is 40.2. The summed E-state index contributed by atoms with van der Waals surface area (Å²) in [5, 5.41) is 12.0. The summed E-state index contributed by atoms with van der Waals surface area (Å²) in [6.45, 7) is 0. The lowest BCUT2D eigenvalue weighted by Crippen LogP contribution is -1.98. The molecule has 74 heavy (non-hydrogen) atoms. The molecule has 0 radical (unpaired) electrons. The Morgan fingerprint density at radius 2 is 0.622 bits per heavy atom. The molecule has 344 valence electrons. The summed E-state index contributed by atoms with van der Waals surface area (Å²) in [6.07, 6.45) is 0. The highest BCUT2D eigenvalue weighted by Gasteiger charge is 2.20. The maximum absolute atomic E-state index is 6.38. The van der Waals surface area contributed by atoms with Crippen LogP contribution in [0.4, 0.5) is 0 Å². The summed E-state index contributed by atoms with van der Waals surface area (Å²) in [5.74, 6) is 0. The van der Waals surface area contributed by atoms with Gasteiger partial charge in [0.15, 0.2) is 0 Å². The van der Waals surface area contributed by atoms with E-state index in [-0.39, 0.29) is 0 Å². The number of furan rings is 1. The van der Waals surface area contributed by atoms with Crippen LogP contribution in [0, 0.1) is 0 Å². The van der Waals surface area contributed by atoms with Gasteiger partial charge in [0.05, 0.1) is 28.1 Å². The first-order valence-corrected chi connectivity index (χ1v) is 25.3.